The number of benzene rings is 2. The van der Waals surface area contributed by atoms with Gasteiger partial charge in [-0.25, -0.2) is 4.98 Å². The lowest BCUT2D eigenvalue weighted by atomic mass is 10.1. The summed E-state index contributed by atoms with van der Waals surface area (Å²) in [5.41, 5.74) is 2.11. The zero-order valence-electron chi connectivity index (χ0n) is 20.3. The van der Waals surface area contributed by atoms with Crippen molar-refractivity contribution in [3.63, 3.8) is 0 Å². The van der Waals surface area contributed by atoms with Crippen LogP contribution in [0.4, 0.5) is 0 Å². The van der Waals surface area contributed by atoms with Crippen LogP contribution in [0, 0.1) is 0 Å². The van der Waals surface area contributed by atoms with Gasteiger partial charge in [0.25, 0.3) is 5.91 Å². The molecule has 1 atom stereocenters. The van der Waals surface area contributed by atoms with E-state index in [9.17, 15) is 4.79 Å². The first kappa shape index (κ1) is 24.8. The molecule has 0 fully saturated rings. The van der Waals surface area contributed by atoms with Crippen molar-refractivity contribution in [1.29, 1.82) is 0 Å². The molecule has 1 unspecified atom stereocenters. The molecule has 3 aromatic rings. The molecule has 0 saturated heterocycles. The number of hydrogen-bond donors (Lipinski definition) is 1. The van der Waals surface area contributed by atoms with Crippen molar-refractivity contribution in [2.75, 3.05) is 6.61 Å². The van der Waals surface area contributed by atoms with Crippen LogP contribution in [0.3, 0.4) is 0 Å². The molecule has 3 rings (SSSR count). The number of carbonyl (C=O) groups is 1. The summed E-state index contributed by atoms with van der Waals surface area (Å²) < 4.78 is 7.87. The minimum atomic E-state index is -0.192. The molecule has 0 saturated carbocycles. The average molecular weight is 450 g/mol. The molecule has 5 heteroatoms. The smallest absolute Gasteiger partial charge is 0.258 e. The summed E-state index contributed by atoms with van der Waals surface area (Å²) in [5, 5.41) is 3.06. The number of aromatic nitrogens is 2. The molecule has 0 radical (unpaired) electrons. The van der Waals surface area contributed by atoms with E-state index in [0.29, 0.717) is 5.75 Å². The lowest BCUT2D eigenvalue weighted by Crippen LogP contribution is -2.32. The van der Waals surface area contributed by atoms with Crippen molar-refractivity contribution in [2.45, 2.75) is 84.2 Å². The molecule has 5 nitrogen and oxygen atoms in total. The van der Waals surface area contributed by atoms with E-state index in [2.05, 4.69) is 28.9 Å². The minimum Gasteiger partial charge on any atom is -0.484 e. The zero-order chi connectivity index (χ0) is 23.3. The summed E-state index contributed by atoms with van der Waals surface area (Å²) in [4.78, 5) is 17.3. The number of imidazole rings is 1. The topological polar surface area (TPSA) is 56.2 Å². The van der Waals surface area contributed by atoms with E-state index in [4.69, 9.17) is 9.72 Å². The number of aryl methyl sites for hydroxylation is 1. The first-order valence-corrected chi connectivity index (χ1v) is 12.6. The van der Waals surface area contributed by atoms with Crippen LogP contribution in [0.5, 0.6) is 5.75 Å². The Labute approximate surface area is 198 Å². The van der Waals surface area contributed by atoms with E-state index in [1.165, 1.54) is 51.4 Å². The number of rotatable bonds is 15. The number of fused-ring (bicyclic) bond motifs is 1. The molecule has 1 N–H and O–H groups in total. The molecule has 33 heavy (non-hydrogen) atoms. The van der Waals surface area contributed by atoms with Gasteiger partial charge in [-0.3, -0.25) is 4.79 Å². The molecule has 0 aliphatic rings. The predicted octanol–water partition coefficient (Wildman–Crippen LogP) is 6.82. The molecular formula is C28H39N3O2. The second kappa shape index (κ2) is 13.7. The fourth-order valence-electron chi connectivity index (χ4n) is 4.25. The summed E-state index contributed by atoms with van der Waals surface area (Å²) >= 11 is 0. The van der Waals surface area contributed by atoms with Crippen LogP contribution in [0.15, 0.2) is 54.6 Å². The maximum atomic E-state index is 12.5. The second-order valence-corrected chi connectivity index (χ2v) is 8.83. The Morgan fingerprint density at radius 3 is 2.27 bits per heavy atom. The van der Waals surface area contributed by atoms with Crippen LogP contribution in [0.25, 0.3) is 11.0 Å². The van der Waals surface area contributed by atoms with Gasteiger partial charge in [-0.15, -0.1) is 0 Å². The van der Waals surface area contributed by atoms with E-state index >= 15 is 0 Å². The first-order valence-electron chi connectivity index (χ1n) is 12.6. The van der Waals surface area contributed by atoms with Gasteiger partial charge < -0.3 is 14.6 Å². The predicted molar refractivity (Wildman–Crippen MR) is 135 cm³/mol. The Kier molecular flexibility index (Phi) is 10.3. The maximum absolute atomic E-state index is 12.5. The third-order valence-corrected chi connectivity index (χ3v) is 6.05. The van der Waals surface area contributed by atoms with Gasteiger partial charge >= 0.3 is 0 Å². The maximum Gasteiger partial charge on any atom is 0.258 e. The van der Waals surface area contributed by atoms with Crippen molar-refractivity contribution in [1.82, 2.24) is 14.9 Å². The van der Waals surface area contributed by atoms with Crippen LogP contribution in [-0.2, 0) is 11.3 Å². The van der Waals surface area contributed by atoms with Crippen LogP contribution < -0.4 is 10.1 Å². The van der Waals surface area contributed by atoms with Gasteiger partial charge in [0, 0.05) is 6.54 Å². The van der Waals surface area contributed by atoms with Crippen molar-refractivity contribution in [2.24, 2.45) is 0 Å². The van der Waals surface area contributed by atoms with Crippen LogP contribution >= 0.6 is 0 Å². The molecule has 0 spiro atoms. The van der Waals surface area contributed by atoms with Crippen LogP contribution in [0.1, 0.15) is 83.5 Å². The molecule has 1 amide bonds. The zero-order valence-corrected chi connectivity index (χ0v) is 20.3. The number of hydrogen-bond acceptors (Lipinski definition) is 3. The van der Waals surface area contributed by atoms with Crippen molar-refractivity contribution in [3.05, 3.63) is 60.4 Å². The third-order valence-electron chi connectivity index (χ3n) is 6.05. The van der Waals surface area contributed by atoms with Crippen LogP contribution in [0.2, 0.25) is 0 Å². The van der Waals surface area contributed by atoms with Gasteiger partial charge in [0.05, 0.1) is 17.1 Å². The summed E-state index contributed by atoms with van der Waals surface area (Å²) in [6.45, 7) is 5.17. The highest BCUT2D eigenvalue weighted by Gasteiger charge is 2.18. The Morgan fingerprint density at radius 2 is 1.55 bits per heavy atom. The number of para-hydroxylation sites is 3. The van der Waals surface area contributed by atoms with Gasteiger partial charge in [-0.05, 0) is 37.6 Å². The lowest BCUT2D eigenvalue weighted by Gasteiger charge is -2.17. The number of amides is 1. The molecule has 0 aliphatic heterocycles. The Morgan fingerprint density at radius 1 is 0.909 bits per heavy atom. The minimum absolute atomic E-state index is 0.00711. The fourth-order valence-corrected chi connectivity index (χ4v) is 4.25. The molecular weight excluding hydrogens is 410 g/mol. The van der Waals surface area contributed by atoms with E-state index in [1.807, 2.05) is 49.4 Å². The van der Waals surface area contributed by atoms with E-state index in [-0.39, 0.29) is 18.6 Å². The third kappa shape index (κ3) is 7.92. The van der Waals surface area contributed by atoms with E-state index in [0.717, 1.165) is 29.8 Å². The van der Waals surface area contributed by atoms with Crippen LogP contribution in [-0.4, -0.2) is 22.1 Å². The van der Waals surface area contributed by atoms with Gasteiger partial charge in [0.1, 0.15) is 11.6 Å². The average Bonchev–Trinajstić information content (AvgIpc) is 3.21. The first-order chi connectivity index (χ1) is 16.2. The normalized spacial score (nSPS) is 12.1. The highest BCUT2D eigenvalue weighted by atomic mass is 16.5. The Hall–Kier alpha value is -2.82. The lowest BCUT2D eigenvalue weighted by molar-refractivity contribution is -0.123. The number of nitrogens with one attached hydrogen (secondary N) is 1. The number of ether oxygens (including phenoxy) is 1. The quantitative estimate of drug-likeness (QED) is 0.259. The molecule has 1 aromatic heterocycles. The summed E-state index contributed by atoms with van der Waals surface area (Å²) in [5.74, 6) is 1.45. The Balaban J connectivity index is 1.52. The number of unbranched alkanes of at least 4 members (excludes halogenated alkanes) is 8. The second-order valence-electron chi connectivity index (χ2n) is 8.83. The van der Waals surface area contributed by atoms with Crippen molar-refractivity contribution >= 4 is 16.9 Å². The van der Waals surface area contributed by atoms with Gasteiger partial charge in [0.2, 0.25) is 0 Å². The van der Waals surface area contributed by atoms with Crippen molar-refractivity contribution < 1.29 is 9.53 Å². The SMILES string of the molecule is CCCCCCCCCCCn1c(C(C)NC(=O)COc2ccccc2)nc2ccccc21. The Bertz CT molecular complexity index is 968. The van der Waals surface area contributed by atoms with Gasteiger partial charge in [-0.2, -0.15) is 0 Å². The highest BCUT2D eigenvalue weighted by molar-refractivity contribution is 5.79. The molecule has 2 aromatic carbocycles. The molecule has 0 bridgehead atoms. The molecule has 0 aliphatic carbocycles. The van der Waals surface area contributed by atoms with E-state index < -0.39 is 0 Å². The largest absolute Gasteiger partial charge is 0.484 e. The van der Waals surface area contributed by atoms with E-state index in [1.54, 1.807) is 0 Å². The molecule has 178 valence electrons. The summed E-state index contributed by atoms with van der Waals surface area (Å²) in [7, 11) is 0. The number of nitrogens with zero attached hydrogens (tertiary/aromatic N) is 2. The number of carbonyl (C=O) groups excluding carboxylic acids is 1. The monoisotopic (exact) mass is 449 g/mol. The summed E-state index contributed by atoms with van der Waals surface area (Å²) in [6, 6.07) is 17.4. The van der Waals surface area contributed by atoms with Gasteiger partial charge in [-0.1, -0.05) is 88.6 Å². The molecule has 1 heterocycles. The standard InChI is InChI=1S/C28H39N3O2/c1-3-4-5-6-7-8-9-10-16-21-31-26-20-15-14-19-25(26)30-28(31)23(2)29-27(32)22-33-24-17-12-11-13-18-24/h11-15,17-20,23H,3-10,16,21-22H2,1-2H3,(H,29,32). The highest BCUT2D eigenvalue weighted by Crippen LogP contribution is 2.22. The van der Waals surface area contributed by atoms with Gasteiger partial charge in [0.15, 0.2) is 6.61 Å². The van der Waals surface area contributed by atoms with Crippen molar-refractivity contribution in [3.8, 4) is 5.75 Å². The summed E-state index contributed by atoms with van der Waals surface area (Å²) in [6.07, 6.45) is 11.7. The fraction of sp³-hybridized carbons (Fsp3) is 0.500.